The van der Waals surface area contributed by atoms with E-state index in [1.807, 2.05) is 12.3 Å². The zero-order chi connectivity index (χ0) is 16.2. The van der Waals surface area contributed by atoms with Gasteiger partial charge in [0, 0.05) is 46.8 Å². The summed E-state index contributed by atoms with van der Waals surface area (Å²) in [6, 6.07) is 6.85. The van der Waals surface area contributed by atoms with Crippen molar-refractivity contribution >= 4 is 28.1 Å². The van der Waals surface area contributed by atoms with Crippen LogP contribution in [0.3, 0.4) is 0 Å². The van der Waals surface area contributed by atoms with E-state index in [9.17, 15) is 5.11 Å². The maximum Gasteiger partial charge on any atom is 0.183 e. The molecule has 0 saturated carbocycles. The van der Waals surface area contributed by atoms with Crippen molar-refractivity contribution in [1.82, 2.24) is 9.97 Å². The van der Waals surface area contributed by atoms with E-state index in [1.165, 1.54) is 0 Å². The average molecular weight is 346 g/mol. The van der Waals surface area contributed by atoms with Gasteiger partial charge >= 0.3 is 0 Å². The molecule has 0 atom stereocenters. The van der Waals surface area contributed by atoms with Gasteiger partial charge in [0.05, 0.1) is 4.88 Å². The lowest BCUT2D eigenvalue weighted by Gasteiger charge is -2.09. The van der Waals surface area contributed by atoms with Gasteiger partial charge in [0.15, 0.2) is 5.13 Å². The number of anilines is 1. The highest BCUT2D eigenvalue weighted by molar-refractivity contribution is 7.18. The minimum atomic E-state index is 0.175. The maximum absolute atomic E-state index is 9.76. The predicted octanol–water partition coefficient (Wildman–Crippen LogP) is 5.05. The predicted molar refractivity (Wildman–Crippen MR) is 96.2 cm³/mol. The first kappa shape index (κ1) is 15.8. The molecule has 2 aromatic heterocycles. The van der Waals surface area contributed by atoms with Crippen molar-refractivity contribution in [3.8, 4) is 27.3 Å². The van der Waals surface area contributed by atoms with Gasteiger partial charge < -0.3 is 10.4 Å². The second kappa shape index (κ2) is 6.98. The molecule has 0 unspecified atom stereocenters. The zero-order valence-corrected chi connectivity index (χ0v) is 14.2. The molecule has 4 nitrogen and oxygen atoms in total. The molecule has 6 heteroatoms. The summed E-state index contributed by atoms with van der Waals surface area (Å²) in [6.45, 7) is 3.01. The van der Waals surface area contributed by atoms with Gasteiger partial charge in [-0.3, -0.25) is 4.98 Å². The molecular weight excluding hydrogens is 330 g/mol. The van der Waals surface area contributed by atoms with E-state index in [1.54, 1.807) is 41.9 Å². The number of hydrogen-bond acceptors (Lipinski definition) is 5. The SMILES string of the molecule is CCCNc1ncc(-c2ccncc2-c2cc(O)ccc2Cl)s1. The van der Waals surface area contributed by atoms with Gasteiger partial charge in [-0.15, -0.1) is 0 Å². The van der Waals surface area contributed by atoms with Crippen LogP contribution in [0.2, 0.25) is 5.02 Å². The maximum atomic E-state index is 9.76. The van der Waals surface area contributed by atoms with E-state index in [2.05, 4.69) is 22.2 Å². The van der Waals surface area contributed by atoms with E-state index in [0.717, 1.165) is 39.7 Å². The van der Waals surface area contributed by atoms with E-state index in [4.69, 9.17) is 11.6 Å². The number of benzene rings is 1. The number of rotatable bonds is 5. The zero-order valence-electron chi connectivity index (χ0n) is 12.6. The van der Waals surface area contributed by atoms with Crippen LogP contribution in [0.1, 0.15) is 13.3 Å². The van der Waals surface area contributed by atoms with Crippen molar-refractivity contribution in [3.63, 3.8) is 0 Å². The Labute approximate surface area is 143 Å². The number of nitrogens with one attached hydrogen (secondary N) is 1. The number of aromatic nitrogens is 2. The highest BCUT2D eigenvalue weighted by Crippen LogP contribution is 2.39. The summed E-state index contributed by atoms with van der Waals surface area (Å²) in [5, 5.41) is 14.5. The Morgan fingerprint density at radius 2 is 2.04 bits per heavy atom. The van der Waals surface area contributed by atoms with Crippen molar-refractivity contribution < 1.29 is 5.11 Å². The molecule has 118 valence electrons. The first-order valence-corrected chi connectivity index (χ1v) is 8.51. The third-order valence-electron chi connectivity index (χ3n) is 3.36. The van der Waals surface area contributed by atoms with Crippen LogP contribution in [0.25, 0.3) is 21.6 Å². The van der Waals surface area contributed by atoms with Gasteiger partial charge in [0.2, 0.25) is 0 Å². The van der Waals surface area contributed by atoms with Gasteiger partial charge in [-0.05, 0) is 30.7 Å². The van der Waals surface area contributed by atoms with Crippen LogP contribution in [-0.2, 0) is 0 Å². The third-order valence-corrected chi connectivity index (χ3v) is 4.68. The third kappa shape index (κ3) is 3.46. The number of aromatic hydroxyl groups is 1. The Bertz CT molecular complexity index is 819. The van der Waals surface area contributed by atoms with Gasteiger partial charge in [-0.2, -0.15) is 0 Å². The highest BCUT2D eigenvalue weighted by atomic mass is 35.5. The first-order chi connectivity index (χ1) is 11.2. The fourth-order valence-corrected chi connectivity index (χ4v) is 3.36. The number of thiazole rings is 1. The molecule has 23 heavy (non-hydrogen) atoms. The molecule has 2 N–H and O–H groups in total. The van der Waals surface area contributed by atoms with E-state index in [0.29, 0.717) is 5.02 Å². The second-order valence-corrected chi connectivity index (χ2v) is 6.48. The summed E-state index contributed by atoms with van der Waals surface area (Å²) in [4.78, 5) is 9.64. The van der Waals surface area contributed by atoms with Crippen molar-refractivity contribution in [2.75, 3.05) is 11.9 Å². The molecule has 0 spiro atoms. The van der Waals surface area contributed by atoms with Crippen molar-refractivity contribution in [2.24, 2.45) is 0 Å². The van der Waals surface area contributed by atoms with Gasteiger partial charge in [0.1, 0.15) is 5.75 Å². The molecule has 3 aromatic rings. The van der Waals surface area contributed by atoms with Crippen molar-refractivity contribution in [1.29, 1.82) is 0 Å². The summed E-state index contributed by atoms with van der Waals surface area (Å²) in [5.74, 6) is 0.175. The number of phenols is 1. The van der Waals surface area contributed by atoms with Crippen LogP contribution in [0, 0.1) is 0 Å². The molecular formula is C17H16ClN3OS. The summed E-state index contributed by atoms with van der Waals surface area (Å²) < 4.78 is 0. The Morgan fingerprint density at radius 1 is 1.17 bits per heavy atom. The average Bonchev–Trinajstić information content (AvgIpc) is 3.04. The lowest BCUT2D eigenvalue weighted by Crippen LogP contribution is -1.97. The molecule has 0 radical (unpaired) electrons. The quantitative estimate of drug-likeness (QED) is 0.679. The van der Waals surface area contributed by atoms with Gasteiger partial charge in [-0.25, -0.2) is 4.98 Å². The van der Waals surface area contributed by atoms with Crippen LogP contribution in [0.5, 0.6) is 5.75 Å². The molecule has 2 heterocycles. The topological polar surface area (TPSA) is 58.0 Å². The number of phenolic OH excluding ortho intramolecular Hbond substituents is 1. The molecule has 0 saturated heterocycles. The molecule has 1 aromatic carbocycles. The van der Waals surface area contributed by atoms with Gasteiger partial charge in [0.25, 0.3) is 0 Å². The van der Waals surface area contributed by atoms with E-state index in [-0.39, 0.29) is 5.75 Å². The van der Waals surface area contributed by atoms with Crippen LogP contribution in [0.15, 0.2) is 42.9 Å². The normalized spacial score (nSPS) is 10.7. The summed E-state index contributed by atoms with van der Waals surface area (Å²) in [7, 11) is 0. The summed E-state index contributed by atoms with van der Waals surface area (Å²) >= 11 is 7.89. The van der Waals surface area contributed by atoms with Crippen LogP contribution in [-0.4, -0.2) is 21.6 Å². The molecule has 0 fully saturated rings. The molecule has 0 aliphatic carbocycles. The Morgan fingerprint density at radius 3 is 2.87 bits per heavy atom. The largest absolute Gasteiger partial charge is 0.508 e. The Balaban J connectivity index is 2.04. The van der Waals surface area contributed by atoms with Crippen LogP contribution < -0.4 is 5.32 Å². The Kier molecular flexibility index (Phi) is 4.79. The van der Waals surface area contributed by atoms with E-state index < -0.39 is 0 Å². The number of hydrogen-bond donors (Lipinski definition) is 2. The smallest absolute Gasteiger partial charge is 0.183 e. The fourth-order valence-electron chi connectivity index (χ4n) is 2.26. The Hall–Kier alpha value is -2.11. The molecule has 0 aliphatic rings. The summed E-state index contributed by atoms with van der Waals surface area (Å²) in [6.07, 6.45) is 6.40. The number of pyridine rings is 1. The van der Waals surface area contributed by atoms with Crippen molar-refractivity contribution in [2.45, 2.75) is 13.3 Å². The number of halogens is 1. The molecule has 3 rings (SSSR count). The monoisotopic (exact) mass is 345 g/mol. The summed E-state index contributed by atoms with van der Waals surface area (Å²) in [5.41, 5.74) is 2.62. The van der Waals surface area contributed by atoms with Crippen LogP contribution in [0.4, 0.5) is 5.13 Å². The second-order valence-electron chi connectivity index (χ2n) is 5.04. The standard InChI is InChI=1S/C17H16ClN3OS/c1-2-6-20-17-21-10-16(23-17)12-5-7-19-9-14(12)13-8-11(22)3-4-15(13)18/h3-5,7-10,22H,2,6H2,1H3,(H,20,21). The lowest BCUT2D eigenvalue weighted by atomic mass is 10.0. The fraction of sp³-hybridized carbons (Fsp3) is 0.176. The minimum absolute atomic E-state index is 0.175. The lowest BCUT2D eigenvalue weighted by molar-refractivity contribution is 0.475. The molecule has 0 amide bonds. The highest BCUT2D eigenvalue weighted by Gasteiger charge is 2.13. The molecule has 0 aliphatic heterocycles. The van der Waals surface area contributed by atoms with Gasteiger partial charge in [-0.1, -0.05) is 29.9 Å². The van der Waals surface area contributed by atoms with E-state index >= 15 is 0 Å². The molecule has 0 bridgehead atoms. The minimum Gasteiger partial charge on any atom is -0.508 e. The first-order valence-electron chi connectivity index (χ1n) is 7.32. The van der Waals surface area contributed by atoms with Crippen molar-refractivity contribution in [3.05, 3.63) is 47.9 Å². The van der Waals surface area contributed by atoms with Crippen LogP contribution >= 0.6 is 22.9 Å². The number of nitrogens with zero attached hydrogens (tertiary/aromatic N) is 2.